The lowest BCUT2D eigenvalue weighted by Gasteiger charge is -2.03. The van der Waals surface area contributed by atoms with Gasteiger partial charge in [-0.3, -0.25) is 0 Å². The molecule has 7 heteroatoms. The van der Waals surface area contributed by atoms with Gasteiger partial charge in [-0.05, 0) is 38.1 Å². The topological polar surface area (TPSA) is 72.4 Å². The molecule has 0 amide bonds. The van der Waals surface area contributed by atoms with E-state index in [4.69, 9.17) is 0 Å². The minimum atomic E-state index is 0.612. The van der Waals surface area contributed by atoms with Crippen LogP contribution in [0.2, 0.25) is 0 Å². The van der Waals surface area contributed by atoms with E-state index in [1.807, 2.05) is 37.4 Å². The van der Waals surface area contributed by atoms with Gasteiger partial charge in [0.15, 0.2) is 11.5 Å². The van der Waals surface area contributed by atoms with Crippen molar-refractivity contribution >= 4 is 17.1 Å². The zero-order valence-electron chi connectivity index (χ0n) is 12.4. The number of aromatic nitrogens is 6. The van der Waals surface area contributed by atoms with Crippen LogP contribution in [0.4, 0.5) is 5.82 Å². The second-order valence-corrected chi connectivity index (χ2v) is 5.22. The smallest absolute Gasteiger partial charge is 0.178 e. The molecule has 0 saturated carbocycles. The summed E-state index contributed by atoms with van der Waals surface area (Å²) in [4.78, 5) is 4.60. The molecule has 0 aliphatic carbocycles. The van der Waals surface area contributed by atoms with Gasteiger partial charge in [0.1, 0.15) is 11.5 Å². The summed E-state index contributed by atoms with van der Waals surface area (Å²) in [5.41, 5.74) is 3.83. The van der Waals surface area contributed by atoms with Gasteiger partial charge in [-0.2, -0.15) is 4.52 Å². The lowest BCUT2D eigenvalue weighted by molar-refractivity contribution is 0.869. The number of anilines is 1. The Kier molecular flexibility index (Phi) is 2.78. The standard InChI is InChI=1S/C15H15N7/c1-10-4-3-5-14-17-12(9-21(10)14)8-16-13-6-7-15-19-18-11(2)22(15)20-13/h3-7,9H,8H2,1-2H3,(H,16,20). The van der Waals surface area contributed by atoms with Crippen molar-refractivity contribution in [2.75, 3.05) is 5.32 Å². The molecule has 1 N–H and O–H groups in total. The molecule has 0 saturated heterocycles. The Morgan fingerprint density at radius 3 is 2.82 bits per heavy atom. The van der Waals surface area contributed by atoms with E-state index in [2.05, 4.69) is 43.0 Å². The number of pyridine rings is 1. The van der Waals surface area contributed by atoms with Crippen molar-refractivity contribution in [1.82, 2.24) is 29.2 Å². The number of aryl methyl sites for hydroxylation is 2. The minimum absolute atomic E-state index is 0.612. The summed E-state index contributed by atoms with van der Waals surface area (Å²) in [6, 6.07) is 9.87. The normalized spacial score (nSPS) is 11.4. The molecule has 0 atom stereocenters. The van der Waals surface area contributed by atoms with Crippen LogP contribution >= 0.6 is 0 Å². The first-order chi connectivity index (χ1) is 10.7. The zero-order chi connectivity index (χ0) is 15.1. The molecular formula is C15H15N7. The number of hydrogen-bond donors (Lipinski definition) is 1. The highest BCUT2D eigenvalue weighted by atomic mass is 15.4. The highest BCUT2D eigenvalue weighted by Gasteiger charge is 2.05. The highest BCUT2D eigenvalue weighted by Crippen LogP contribution is 2.11. The molecule has 0 radical (unpaired) electrons. The third-order valence-electron chi connectivity index (χ3n) is 3.62. The Bertz CT molecular complexity index is 965. The van der Waals surface area contributed by atoms with Crippen LogP contribution in [0.25, 0.3) is 11.3 Å². The maximum absolute atomic E-state index is 4.60. The first-order valence-electron chi connectivity index (χ1n) is 7.07. The van der Waals surface area contributed by atoms with Crippen molar-refractivity contribution in [3.8, 4) is 0 Å². The maximum Gasteiger partial charge on any atom is 0.178 e. The maximum atomic E-state index is 4.60. The van der Waals surface area contributed by atoms with Crippen molar-refractivity contribution in [3.63, 3.8) is 0 Å². The summed E-state index contributed by atoms with van der Waals surface area (Å²) in [7, 11) is 0. The van der Waals surface area contributed by atoms with Gasteiger partial charge in [-0.1, -0.05) is 6.07 Å². The molecule has 4 heterocycles. The third kappa shape index (κ3) is 2.07. The van der Waals surface area contributed by atoms with Crippen LogP contribution in [0.15, 0.2) is 36.5 Å². The number of hydrogen-bond acceptors (Lipinski definition) is 5. The van der Waals surface area contributed by atoms with Crippen LogP contribution in [0, 0.1) is 13.8 Å². The number of rotatable bonds is 3. The fourth-order valence-electron chi connectivity index (χ4n) is 2.46. The van der Waals surface area contributed by atoms with Crippen LogP contribution in [-0.4, -0.2) is 29.2 Å². The van der Waals surface area contributed by atoms with Gasteiger partial charge >= 0.3 is 0 Å². The van der Waals surface area contributed by atoms with Gasteiger partial charge in [0, 0.05) is 11.9 Å². The van der Waals surface area contributed by atoms with Crippen LogP contribution in [0.3, 0.4) is 0 Å². The van der Waals surface area contributed by atoms with Gasteiger partial charge in [0.05, 0.1) is 12.2 Å². The summed E-state index contributed by atoms with van der Waals surface area (Å²) >= 11 is 0. The predicted octanol–water partition coefficient (Wildman–Crippen LogP) is 2.00. The molecular weight excluding hydrogens is 278 g/mol. The number of imidazole rings is 1. The fraction of sp³-hybridized carbons (Fsp3) is 0.200. The molecule has 110 valence electrons. The van der Waals surface area contributed by atoms with Crippen molar-refractivity contribution in [3.05, 3.63) is 53.7 Å². The van der Waals surface area contributed by atoms with E-state index in [9.17, 15) is 0 Å². The SMILES string of the molecule is Cc1cccc2nc(CNc3ccc4nnc(C)n4n3)cn12. The molecule has 4 aromatic rings. The summed E-state index contributed by atoms with van der Waals surface area (Å²) < 4.78 is 3.80. The Morgan fingerprint density at radius 2 is 1.95 bits per heavy atom. The van der Waals surface area contributed by atoms with Crippen LogP contribution in [0.1, 0.15) is 17.2 Å². The van der Waals surface area contributed by atoms with Gasteiger partial charge in [-0.25, -0.2) is 4.98 Å². The monoisotopic (exact) mass is 293 g/mol. The molecule has 0 spiro atoms. The predicted molar refractivity (Wildman–Crippen MR) is 82.8 cm³/mol. The van der Waals surface area contributed by atoms with Gasteiger partial charge in [0.25, 0.3) is 0 Å². The molecule has 7 nitrogen and oxygen atoms in total. The van der Waals surface area contributed by atoms with Gasteiger partial charge in [-0.15, -0.1) is 15.3 Å². The van der Waals surface area contributed by atoms with E-state index < -0.39 is 0 Å². The zero-order valence-corrected chi connectivity index (χ0v) is 12.4. The summed E-state index contributed by atoms with van der Waals surface area (Å²) in [6.07, 6.45) is 2.04. The first-order valence-corrected chi connectivity index (χ1v) is 7.07. The molecule has 0 aliphatic heterocycles. The third-order valence-corrected chi connectivity index (χ3v) is 3.62. The molecule has 0 unspecified atom stereocenters. The number of nitrogens with zero attached hydrogens (tertiary/aromatic N) is 6. The second kappa shape index (κ2) is 4.80. The van der Waals surface area contributed by atoms with Gasteiger partial charge in [0.2, 0.25) is 0 Å². The summed E-state index contributed by atoms with van der Waals surface area (Å²) in [5.74, 6) is 1.53. The van der Waals surface area contributed by atoms with E-state index in [0.29, 0.717) is 6.54 Å². The molecule has 0 aliphatic rings. The van der Waals surface area contributed by atoms with Crippen molar-refractivity contribution in [2.45, 2.75) is 20.4 Å². The van der Waals surface area contributed by atoms with Crippen molar-refractivity contribution in [1.29, 1.82) is 0 Å². The Labute approximate surface area is 126 Å². The fourth-order valence-corrected chi connectivity index (χ4v) is 2.46. The largest absolute Gasteiger partial charge is 0.363 e. The number of fused-ring (bicyclic) bond motifs is 2. The van der Waals surface area contributed by atoms with E-state index >= 15 is 0 Å². The molecule has 0 aromatic carbocycles. The molecule has 4 aromatic heterocycles. The second-order valence-electron chi connectivity index (χ2n) is 5.22. The van der Waals surface area contributed by atoms with Crippen LogP contribution in [-0.2, 0) is 6.54 Å². The Balaban J connectivity index is 1.59. The minimum Gasteiger partial charge on any atom is -0.363 e. The highest BCUT2D eigenvalue weighted by molar-refractivity contribution is 5.45. The lowest BCUT2D eigenvalue weighted by Crippen LogP contribution is -2.05. The Hall–Kier alpha value is -2.96. The molecule has 4 rings (SSSR count). The van der Waals surface area contributed by atoms with Crippen LogP contribution < -0.4 is 5.32 Å². The quantitative estimate of drug-likeness (QED) is 0.625. The lowest BCUT2D eigenvalue weighted by atomic mass is 10.4. The summed E-state index contributed by atoms with van der Waals surface area (Å²) in [5, 5.41) is 15.8. The van der Waals surface area contributed by atoms with E-state index in [1.54, 1.807) is 4.52 Å². The summed E-state index contributed by atoms with van der Waals surface area (Å²) in [6.45, 7) is 4.55. The van der Waals surface area contributed by atoms with Crippen molar-refractivity contribution in [2.24, 2.45) is 0 Å². The molecule has 0 bridgehead atoms. The van der Waals surface area contributed by atoms with Crippen molar-refractivity contribution < 1.29 is 0 Å². The average molecular weight is 293 g/mol. The molecule has 22 heavy (non-hydrogen) atoms. The van der Waals surface area contributed by atoms with Crippen LogP contribution in [0.5, 0.6) is 0 Å². The Morgan fingerprint density at radius 1 is 1.05 bits per heavy atom. The van der Waals surface area contributed by atoms with E-state index in [0.717, 1.165) is 34.3 Å². The first kappa shape index (κ1) is 12.8. The van der Waals surface area contributed by atoms with E-state index in [-0.39, 0.29) is 0 Å². The molecule has 0 fully saturated rings. The number of nitrogens with one attached hydrogen (secondary N) is 1. The average Bonchev–Trinajstić information content (AvgIpc) is 3.10. The van der Waals surface area contributed by atoms with E-state index in [1.165, 1.54) is 0 Å². The van der Waals surface area contributed by atoms with Gasteiger partial charge < -0.3 is 9.72 Å².